The molecule has 172 valence electrons. The summed E-state index contributed by atoms with van der Waals surface area (Å²) < 4.78 is 1.79. The van der Waals surface area contributed by atoms with Gasteiger partial charge in [-0.3, -0.25) is 19.3 Å². The number of pyridine rings is 1. The van der Waals surface area contributed by atoms with Gasteiger partial charge in [0.05, 0.1) is 18.1 Å². The van der Waals surface area contributed by atoms with Gasteiger partial charge in [-0.05, 0) is 49.1 Å². The second kappa shape index (κ2) is 9.02. The monoisotopic (exact) mass is 462 g/mol. The molecule has 1 atom stereocenters. The van der Waals surface area contributed by atoms with E-state index in [9.17, 15) is 4.79 Å². The summed E-state index contributed by atoms with van der Waals surface area (Å²) in [5.41, 5.74) is 4.83. The second-order valence-corrected chi connectivity index (χ2v) is 8.65. The van der Waals surface area contributed by atoms with E-state index in [4.69, 9.17) is 0 Å². The minimum atomic E-state index is -0.261. The lowest BCUT2D eigenvalue weighted by molar-refractivity contribution is -0.112. The number of carbonyl (C=O) groups is 1. The van der Waals surface area contributed by atoms with E-state index < -0.39 is 0 Å². The van der Waals surface area contributed by atoms with Gasteiger partial charge in [0.2, 0.25) is 0 Å². The summed E-state index contributed by atoms with van der Waals surface area (Å²) in [6, 6.07) is 11.7. The van der Waals surface area contributed by atoms with Gasteiger partial charge in [-0.25, -0.2) is 9.97 Å². The molecule has 1 saturated carbocycles. The maximum atomic E-state index is 13.0. The second-order valence-electron chi connectivity index (χ2n) is 8.65. The molecule has 35 heavy (non-hydrogen) atoms. The molecule has 2 aliphatic rings. The Bertz CT molecular complexity index is 1420. The first kappa shape index (κ1) is 21.0. The molecule has 1 aliphatic carbocycles. The van der Waals surface area contributed by atoms with Crippen LogP contribution in [-0.4, -0.2) is 41.8 Å². The van der Waals surface area contributed by atoms with Crippen LogP contribution in [0, 0.1) is 0 Å². The van der Waals surface area contributed by atoms with E-state index in [1.165, 1.54) is 19.2 Å². The van der Waals surface area contributed by atoms with Gasteiger partial charge >= 0.3 is 0 Å². The molecular formula is C26H22N8O. The molecule has 6 rings (SSSR count). The molecule has 9 nitrogen and oxygen atoms in total. The van der Waals surface area contributed by atoms with Crippen LogP contribution in [0.25, 0.3) is 17.1 Å². The van der Waals surface area contributed by atoms with Gasteiger partial charge in [0.1, 0.15) is 18.4 Å². The van der Waals surface area contributed by atoms with Gasteiger partial charge in [0.15, 0.2) is 5.82 Å². The van der Waals surface area contributed by atoms with Crippen molar-refractivity contribution in [3.8, 4) is 17.1 Å². The van der Waals surface area contributed by atoms with Gasteiger partial charge in [0, 0.05) is 41.2 Å². The Morgan fingerprint density at radius 1 is 1.06 bits per heavy atom. The number of amides is 1. The molecule has 4 aromatic rings. The first-order chi connectivity index (χ1) is 17.2. The highest BCUT2D eigenvalue weighted by atomic mass is 16.2. The van der Waals surface area contributed by atoms with E-state index >= 15 is 0 Å². The lowest BCUT2D eigenvalue weighted by Crippen LogP contribution is -2.16. The maximum absolute atomic E-state index is 13.0. The normalized spacial score (nSPS) is 17.1. The summed E-state index contributed by atoms with van der Waals surface area (Å²) in [5.74, 6) is 1.06. The van der Waals surface area contributed by atoms with Crippen LogP contribution < -0.4 is 5.32 Å². The van der Waals surface area contributed by atoms with Crippen LogP contribution >= 0.6 is 0 Å². The van der Waals surface area contributed by atoms with Crippen molar-refractivity contribution in [2.75, 3.05) is 5.32 Å². The number of rotatable bonds is 6. The molecule has 3 aromatic heterocycles. The molecule has 0 spiro atoms. The lowest BCUT2D eigenvalue weighted by Gasteiger charge is -2.16. The molecule has 1 fully saturated rings. The third kappa shape index (κ3) is 4.48. The zero-order valence-corrected chi connectivity index (χ0v) is 18.8. The molecule has 1 aromatic carbocycles. The molecule has 1 N–H and O–H groups in total. The van der Waals surface area contributed by atoms with Crippen LogP contribution in [0.1, 0.15) is 42.4 Å². The Morgan fingerprint density at radius 2 is 1.94 bits per heavy atom. The fourth-order valence-corrected chi connectivity index (χ4v) is 4.16. The van der Waals surface area contributed by atoms with E-state index in [2.05, 4.69) is 47.6 Å². The predicted molar refractivity (Wildman–Crippen MR) is 131 cm³/mol. The van der Waals surface area contributed by atoms with Crippen molar-refractivity contribution in [1.29, 1.82) is 0 Å². The number of allylic oxidation sites excluding steroid dienone is 1. The fourth-order valence-electron chi connectivity index (χ4n) is 4.16. The van der Waals surface area contributed by atoms with E-state index in [0.29, 0.717) is 23.1 Å². The Balaban J connectivity index is 1.20. The minimum Gasteiger partial charge on any atom is -0.321 e. The van der Waals surface area contributed by atoms with E-state index in [1.54, 1.807) is 29.5 Å². The average molecular weight is 463 g/mol. The molecule has 1 unspecified atom stereocenters. The zero-order valence-electron chi connectivity index (χ0n) is 18.8. The number of aliphatic imine (C=N–C) groups is 1. The van der Waals surface area contributed by atoms with E-state index in [1.807, 2.05) is 36.5 Å². The van der Waals surface area contributed by atoms with Crippen molar-refractivity contribution in [2.24, 2.45) is 4.99 Å². The highest BCUT2D eigenvalue weighted by Gasteiger charge is 2.25. The maximum Gasteiger partial charge on any atom is 0.273 e. The predicted octanol–water partition coefficient (Wildman–Crippen LogP) is 4.08. The molecule has 1 amide bonds. The number of anilines is 1. The highest BCUT2D eigenvalue weighted by molar-refractivity contribution is 6.05. The summed E-state index contributed by atoms with van der Waals surface area (Å²) in [5, 5.41) is 11.2. The van der Waals surface area contributed by atoms with Crippen LogP contribution in [0.4, 0.5) is 5.69 Å². The SMILES string of the molecule is O=C(Nc1cccc(-c2nncn2-c2cncnc2)c1)C1=CC(c2ccc(C3CC3)nc2)CC=N1. The molecule has 4 heterocycles. The third-order valence-electron chi connectivity index (χ3n) is 6.17. The standard InChI is InChI=1S/C26H22N8O/c35-26(24-11-18(8-9-29-24)20-6-7-23(30-12-20)17-4-5-17)32-21-3-1-2-19(10-21)25-33-31-16-34(25)22-13-27-15-28-14-22/h1-3,6-7,9-18H,4-5,8H2,(H,32,35). The number of nitrogens with zero attached hydrogens (tertiary/aromatic N) is 7. The van der Waals surface area contributed by atoms with E-state index in [-0.39, 0.29) is 11.8 Å². The van der Waals surface area contributed by atoms with Crippen LogP contribution in [0.2, 0.25) is 0 Å². The van der Waals surface area contributed by atoms with Gasteiger partial charge in [-0.1, -0.05) is 18.2 Å². The smallest absolute Gasteiger partial charge is 0.273 e. The summed E-state index contributed by atoms with van der Waals surface area (Å²) in [4.78, 5) is 30.1. The number of benzene rings is 1. The van der Waals surface area contributed by atoms with Crippen molar-refractivity contribution in [1.82, 2.24) is 29.7 Å². The first-order valence-corrected chi connectivity index (χ1v) is 11.5. The topological polar surface area (TPSA) is 111 Å². The largest absolute Gasteiger partial charge is 0.321 e. The number of nitrogens with one attached hydrogen (secondary N) is 1. The number of carbonyl (C=O) groups excluding carboxylic acids is 1. The van der Waals surface area contributed by atoms with Crippen molar-refractivity contribution in [2.45, 2.75) is 31.1 Å². The highest BCUT2D eigenvalue weighted by Crippen LogP contribution is 2.39. The molecule has 1 aliphatic heterocycles. The molecule has 0 saturated heterocycles. The van der Waals surface area contributed by atoms with Crippen LogP contribution in [0.3, 0.4) is 0 Å². The Hall–Kier alpha value is -4.53. The molecular weight excluding hydrogens is 440 g/mol. The first-order valence-electron chi connectivity index (χ1n) is 11.5. The summed E-state index contributed by atoms with van der Waals surface area (Å²) in [6.07, 6.45) is 15.3. The molecule has 0 bridgehead atoms. The van der Waals surface area contributed by atoms with Crippen molar-refractivity contribution < 1.29 is 4.79 Å². The Morgan fingerprint density at radius 3 is 2.74 bits per heavy atom. The van der Waals surface area contributed by atoms with Crippen LogP contribution in [0.5, 0.6) is 0 Å². The van der Waals surface area contributed by atoms with Crippen molar-refractivity contribution in [3.63, 3.8) is 0 Å². The third-order valence-corrected chi connectivity index (χ3v) is 6.17. The quantitative estimate of drug-likeness (QED) is 0.462. The van der Waals surface area contributed by atoms with Gasteiger partial charge in [-0.15, -0.1) is 10.2 Å². The van der Waals surface area contributed by atoms with Crippen LogP contribution in [-0.2, 0) is 4.79 Å². The molecule has 9 heteroatoms. The van der Waals surface area contributed by atoms with Crippen LogP contribution in [0.15, 0.2) is 84.4 Å². The number of hydrogen-bond donors (Lipinski definition) is 1. The van der Waals surface area contributed by atoms with Gasteiger partial charge < -0.3 is 5.32 Å². The lowest BCUT2D eigenvalue weighted by atomic mass is 9.94. The minimum absolute atomic E-state index is 0.0759. The Labute approximate surface area is 201 Å². The number of aromatic nitrogens is 6. The van der Waals surface area contributed by atoms with Gasteiger partial charge in [0.25, 0.3) is 5.91 Å². The molecule has 0 radical (unpaired) electrons. The zero-order chi connectivity index (χ0) is 23.6. The number of hydrogen-bond acceptors (Lipinski definition) is 7. The average Bonchev–Trinajstić information content (AvgIpc) is 3.65. The Kier molecular flexibility index (Phi) is 5.42. The van der Waals surface area contributed by atoms with Crippen molar-refractivity contribution >= 4 is 17.8 Å². The van der Waals surface area contributed by atoms with Crippen molar-refractivity contribution in [3.05, 3.63) is 90.7 Å². The fraction of sp³-hybridized carbons (Fsp3) is 0.192. The summed E-state index contributed by atoms with van der Waals surface area (Å²) in [7, 11) is 0. The summed E-state index contributed by atoms with van der Waals surface area (Å²) in [6.45, 7) is 0. The summed E-state index contributed by atoms with van der Waals surface area (Å²) >= 11 is 0. The van der Waals surface area contributed by atoms with E-state index in [0.717, 1.165) is 28.9 Å². The van der Waals surface area contributed by atoms with Gasteiger partial charge in [-0.2, -0.15) is 0 Å².